The van der Waals surface area contributed by atoms with E-state index in [1.165, 1.54) is 18.7 Å². The molecule has 2 aromatic heterocycles. The molecule has 5 nitrogen and oxygen atoms in total. The summed E-state index contributed by atoms with van der Waals surface area (Å²) in [5.74, 6) is 0.525. The monoisotopic (exact) mass is 177 g/mol. The predicted octanol–water partition coefficient (Wildman–Crippen LogP) is 1.22. The van der Waals surface area contributed by atoms with Gasteiger partial charge in [0.15, 0.2) is 11.6 Å². The van der Waals surface area contributed by atoms with Gasteiger partial charge >= 0.3 is 0 Å². The standard InChI is InChI=1S/C8H7N3O2/c9-7(10)6-3-11-8(13-6)5-1-2-12-4-5/h1-4H,(H3,9,10). The molecule has 0 aliphatic carbocycles. The van der Waals surface area contributed by atoms with Gasteiger partial charge in [-0.15, -0.1) is 0 Å². The number of nitrogen functional groups attached to an aromatic ring is 1. The summed E-state index contributed by atoms with van der Waals surface area (Å²) in [7, 11) is 0. The second-order valence-electron chi connectivity index (χ2n) is 2.46. The van der Waals surface area contributed by atoms with Crippen LogP contribution in [0.3, 0.4) is 0 Å². The van der Waals surface area contributed by atoms with Crippen LogP contribution in [-0.4, -0.2) is 10.8 Å². The molecular formula is C8H7N3O2. The van der Waals surface area contributed by atoms with Gasteiger partial charge in [-0.3, -0.25) is 5.41 Å². The number of amidine groups is 1. The van der Waals surface area contributed by atoms with Crippen LogP contribution >= 0.6 is 0 Å². The summed E-state index contributed by atoms with van der Waals surface area (Å²) < 4.78 is 10.0. The summed E-state index contributed by atoms with van der Waals surface area (Å²) in [6.45, 7) is 0. The van der Waals surface area contributed by atoms with E-state index >= 15 is 0 Å². The molecule has 0 fully saturated rings. The Morgan fingerprint density at radius 3 is 2.92 bits per heavy atom. The lowest BCUT2D eigenvalue weighted by Gasteiger charge is -1.88. The SMILES string of the molecule is N=C(N)c1cnc(-c2ccoc2)o1. The Morgan fingerprint density at radius 1 is 1.54 bits per heavy atom. The molecule has 2 heterocycles. The lowest BCUT2D eigenvalue weighted by atomic mass is 10.3. The molecule has 0 unspecified atom stereocenters. The molecule has 0 saturated carbocycles. The molecule has 0 aliphatic heterocycles. The summed E-state index contributed by atoms with van der Waals surface area (Å²) in [5, 5.41) is 7.09. The van der Waals surface area contributed by atoms with Crippen LogP contribution < -0.4 is 5.73 Å². The highest BCUT2D eigenvalue weighted by molar-refractivity contribution is 5.92. The summed E-state index contributed by atoms with van der Waals surface area (Å²) in [4.78, 5) is 3.93. The number of nitrogens with two attached hydrogens (primary N) is 1. The molecule has 0 radical (unpaired) electrons. The first-order chi connectivity index (χ1) is 6.27. The first-order valence-electron chi connectivity index (χ1n) is 3.60. The Bertz CT molecular complexity index is 416. The van der Waals surface area contributed by atoms with Crippen molar-refractivity contribution < 1.29 is 8.83 Å². The van der Waals surface area contributed by atoms with Gasteiger partial charge in [-0.25, -0.2) is 4.98 Å². The fourth-order valence-electron chi connectivity index (χ4n) is 0.918. The number of nitrogens with zero attached hydrogens (tertiary/aromatic N) is 1. The van der Waals surface area contributed by atoms with E-state index in [1.807, 2.05) is 0 Å². The maximum absolute atomic E-state index is 7.09. The van der Waals surface area contributed by atoms with Crippen LogP contribution in [0.2, 0.25) is 0 Å². The van der Waals surface area contributed by atoms with Gasteiger partial charge in [0.25, 0.3) is 0 Å². The molecule has 0 saturated heterocycles. The zero-order valence-electron chi connectivity index (χ0n) is 6.65. The van der Waals surface area contributed by atoms with Gasteiger partial charge in [-0.2, -0.15) is 0 Å². The van der Waals surface area contributed by atoms with Gasteiger partial charge in [0, 0.05) is 0 Å². The minimum Gasteiger partial charge on any atom is -0.472 e. The minimum atomic E-state index is -0.137. The van der Waals surface area contributed by atoms with Gasteiger partial charge in [0.05, 0.1) is 18.0 Å². The average Bonchev–Trinajstić information content (AvgIpc) is 2.75. The number of aromatic nitrogens is 1. The van der Waals surface area contributed by atoms with E-state index in [0.717, 1.165) is 5.56 Å². The quantitative estimate of drug-likeness (QED) is 0.533. The van der Waals surface area contributed by atoms with Crippen molar-refractivity contribution >= 4 is 5.84 Å². The fourth-order valence-corrected chi connectivity index (χ4v) is 0.918. The fraction of sp³-hybridized carbons (Fsp3) is 0. The van der Waals surface area contributed by atoms with Crippen molar-refractivity contribution in [1.29, 1.82) is 5.41 Å². The lowest BCUT2D eigenvalue weighted by Crippen LogP contribution is -2.09. The van der Waals surface area contributed by atoms with Crippen LogP contribution in [0.5, 0.6) is 0 Å². The Balaban J connectivity index is 2.39. The number of oxazole rings is 1. The molecule has 0 spiro atoms. The highest BCUT2D eigenvalue weighted by Crippen LogP contribution is 2.18. The smallest absolute Gasteiger partial charge is 0.230 e. The first-order valence-corrected chi connectivity index (χ1v) is 3.60. The van der Waals surface area contributed by atoms with Crippen molar-refractivity contribution in [3.8, 4) is 11.5 Å². The molecule has 2 rings (SSSR count). The molecule has 3 N–H and O–H groups in total. The van der Waals surface area contributed by atoms with E-state index in [4.69, 9.17) is 20.0 Å². The van der Waals surface area contributed by atoms with Crippen molar-refractivity contribution in [2.45, 2.75) is 0 Å². The molecular weight excluding hydrogens is 170 g/mol. The van der Waals surface area contributed by atoms with E-state index in [-0.39, 0.29) is 11.6 Å². The van der Waals surface area contributed by atoms with Gasteiger partial charge in [-0.1, -0.05) is 0 Å². The zero-order chi connectivity index (χ0) is 9.26. The maximum atomic E-state index is 7.09. The molecule has 5 heteroatoms. The van der Waals surface area contributed by atoms with Gasteiger partial charge < -0.3 is 14.6 Å². The molecule has 2 aromatic rings. The second kappa shape index (κ2) is 2.78. The van der Waals surface area contributed by atoms with E-state index in [0.29, 0.717) is 5.89 Å². The summed E-state index contributed by atoms with van der Waals surface area (Å²) in [6.07, 6.45) is 4.44. The number of rotatable bonds is 2. The van der Waals surface area contributed by atoms with Crippen LogP contribution in [0.1, 0.15) is 5.76 Å². The van der Waals surface area contributed by atoms with Gasteiger partial charge in [-0.05, 0) is 6.07 Å². The third-order valence-corrected chi connectivity index (χ3v) is 1.54. The number of hydrogen-bond acceptors (Lipinski definition) is 4. The molecule has 13 heavy (non-hydrogen) atoms. The topological polar surface area (TPSA) is 89.0 Å². The van der Waals surface area contributed by atoms with Gasteiger partial charge in [0.2, 0.25) is 5.89 Å². The van der Waals surface area contributed by atoms with Crippen LogP contribution in [0.25, 0.3) is 11.5 Å². The van der Waals surface area contributed by atoms with Crippen molar-refractivity contribution in [1.82, 2.24) is 4.98 Å². The van der Waals surface area contributed by atoms with E-state index in [2.05, 4.69) is 4.98 Å². The number of furan rings is 1. The Labute approximate surface area is 73.7 Å². The summed E-state index contributed by atoms with van der Waals surface area (Å²) in [6, 6.07) is 1.72. The van der Waals surface area contributed by atoms with Crippen LogP contribution in [-0.2, 0) is 0 Å². The number of nitrogens with one attached hydrogen (secondary N) is 1. The second-order valence-corrected chi connectivity index (χ2v) is 2.46. The Kier molecular flexibility index (Phi) is 1.63. The van der Waals surface area contributed by atoms with Crippen LogP contribution in [0.4, 0.5) is 0 Å². The molecule has 0 aromatic carbocycles. The normalized spacial score (nSPS) is 10.2. The van der Waals surface area contributed by atoms with Crippen molar-refractivity contribution in [3.63, 3.8) is 0 Å². The third-order valence-electron chi connectivity index (χ3n) is 1.54. The third kappa shape index (κ3) is 1.31. The lowest BCUT2D eigenvalue weighted by molar-refractivity contribution is 0.552. The molecule has 66 valence electrons. The van der Waals surface area contributed by atoms with E-state index in [1.54, 1.807) is 6.07 Å². The largest absolute Gasteiger partial charge is 0.472 e. The summed E-state index contributed by atoms with van der Waals surface area (Å²) in [5.41, 5.74) is 5.94. The predicted molar refractivity (Wildman–Crippen MR) is 45.2 cm³/mol. The van der Waals surface area contributed by atoms with Gasteiger partial charge in [0.1, 0.15) is 6.26 Å². The summed E-state index contributed by atoms with van der Waals surface area (Å²) >= 11 is 0. The molecule has 0 atom stereocenters. The maximum Gasteiger partial charge on any atom is 0.230 e. The van der Waals surface area contributed by atoms with E-state index in [9.17, 15) is 0 Å². The van der Waals surface area contributed by atoms with Crippen molar-refractivity contribution in [2.75, 3.05) is 0 Å². The van der Waals surface area contributed by atoms with Crippen molar-refractivity contribution in [2.24, 2.45) is 5.73 Å². The van der Waals surface area contributed by atoms with Crippen LogP contribution in [0.15, 0.2) is 33.6 Å². The minimum absolute atomic E-state index is 0.137. The zero-order valence-corrected chi connectivity index (χ0v) is 6.65. The molecule has 0 amide bonds. The number of hydrogen-bond donors (Lipinski definition) is 2. The first kappa shape index (κ1) is 7.60. The van der Waals surface area contributed by atoms with Crippen molar-refractivity contribution in [3.05, 3.63) is 30.5 Å². The van der Waals surface area contributed by atoms with E-state index < -0.39 is 0 Å². The average molecular weight is 177 g/mol. The molecule has 0 aliphatic rings. The Hall–Kier alpha value is -2.04. The highest BCUT2D eigenvalue weighted by Gasteiger charge is 2.08. The highest BCUT2D eigenvalue weighted by atomic mass is 16.4. The molecule has 0 bridgehead atoms. The Morgan fingerprint density at radius 2 is 2.38 bits per heavy atom. The van der Waals surface area contributed by atoms with Crippen LogP contribution in [0, 0.1) is 5.41 Å².